The Morgan fingerprint density at radius 2 is 1.71 bits per heavy atom. The molecule has 1 nitrogen and oxygen atoms in total. The van der Waals surface area contributed by atoms with Gasteiger partial charge in [0.15, 0.2) is 0 Å². The molecular weight excluding hydrogens is 246 g/mol. The van der Waals surface area contributed by atoms with Crippen LogP contribution in [0.3, 0.4) is 0 Å². The summed E-state index contributed by atoms with van der Waals surface area (Å²) in [5, 5.41) is 8.13. The van der Waals surface area contributed by atoms with E-state index in [1.54, 1.807) is 0 Å². The van der Waals surface area contributed by atoms with Crippen molar-refractivity contribution in [1.82, 2.24) is 5.32 Å². The zero-order valence-corrected chi connectivity index (χ0v) is 11.8. The molecule has 0 amide bonds. The van der Waals surface area contributed by atoms with Crippen molar-refractivity contribution >= 4 is 22.7 Å². The highest BCUT2D eigenvalue weighted by Gasteiger charge is 2.46. The molecule has 17 heavy (non-hydrogen) atoms. The fraction of sp³-hybridized carbons (Fsp3) is 0.429. The average Bonchev–Trinajstić information content (AvgIpc) is 2.83. The van der Waals surface area contributed by atoms with Crippen molar-refractivity contribution in [2.24, 2.45) is 5.41 Å². The Hall–Kier alpha value is -0.640. The van der Waals surface area contributed by atoms with Crippen molar-refractivity contribution in [3.05, 3.63) is 44.8 Å². The SMILES string of the molecule is CC1(C)CC1NC(c1cccs1)c1cccs1. The van der Waals surface area contributed by atoms with Crippen molar-refractivity contribution in [2.75, 3.05) is 0 Å². The first-order chi connectivity index (χ1) is 8.17. The lowest BCUT2D eigenvalue weighted by molar-refractivity contribution is 0.514. The quantitative estimate of drug-likeness (QED) is 0.868. The predicted molar refractivity (Wildman–Crippen MR) is 75.8 cm³/mol. The largest absolute Gasteiger partial charge is 0.302 e. The maximum Gasteiger partial charge on any atom is 0.0767 e. The van der Waals surface area contributed by atoms with Crippen LogP contribution in [0.5, 0.6) is 0 Å². The minimum Gasteiger partial charge on any atom is -0.302 e. The van der Waals surface area contributed by atoms with E-state index < -0.39 is 0 Å². The van der Waals surface area contributed by atoms with E-state index in [0.717, 1.165) is 0 Å². The highest BCUT2D eigenvalue weighted by Crippen LogP contribution is 2.46. The number of thiophene rings is 2. The fourth-order valence-corrected chi connectivity index (χ4v) is 3.85. The van der Waals surface area contributed by atoms with Crippen LogP contribution in [-0.4, -0.2) is 6.04 Å². The van der Waals surface area contributed by atoms with Crippen LogP contribution < -0.4 is 5.32 Å². The molecule has 3 heteroatoms. The van der Waals surface area contributed by atoms with E-state index in [2.05, 4.69) is 54.2 Å². The van der Waals surface area contributed by atoms with Gasteiger partial charge < -0.3 is 5.32 Å². The third-order valence-electron chi connectivity index (χ3n) is 3.54. The van der Waals surface area contributed by atoms with Crippen LogP contribution in [0.2, 0.25) is 0 Å². The lowest BCUT2D eigenvalue weighted by Gasteiger charge is -2.17. The molecule has 0 aromatic carbocycles. The minimum atomic E-state index is 0.391. The first-order valence-corrected chi connectivity index (χ1v) is 7.75. The number of hydrogen-bond acceptors (Lipinski definition) is 3. The average molecular weight is 263 g/mol. The van der Waals surface area contributed by atoms with E-state index in [4.69, 9.17) is 0 Å². The molecule has 0 radical (unpaired) electrons. The van der Waals surface area contributed by atoms with Gasteiger partial charge in [-0.25, -0.2) is 0 Å². The molecule has 0 spiro atoms. The molecule has 90 valence electrons. The van der Waals surface area contributed by atoms with Crippen molar-refractivity contribution in [2.45, 2.75) is 32.4 Å². The lowest BCUT2D eigenvalue weighted by Crippen LogP contribution is -2.26. The summed E-state index contributed by atoms with van der Waals surface area (Å²) in [5.74, 6) is 0. The number of hydrogen-bond donors (Lipinski definition) is 1. The Labute approximate surface area is 111 Å². The summed E-state index contributed by atoms with van der Waals surface area (Å²) < 4.78 is 0. The Balaban J connectivity index is 1.83. The van der Waals surface area contributed by atoms with Crippen LogP contribution in [0.1, 0.15) is 36.1 Å². The highest BCUT2D eigenvalue weighted by molar-refractivity contribution is 7.11. The molecule has 1 N–H and O–H groups in total. The second-order valence-corrected chi connectivity index (χ2v) is 7.33. The van der Waals surface area contributed by atoms with E-state index in [1.807, 2.05) is 22.7 Å². The van der Waals surface area contributed by atoms with Gasteiger partial charge in [-0.15, -0.1) is 22.7 Å². The van der Waals surface area contributed by atoms with Crippen molar-refractivity contribution in [3.63, 3.8) is 0 Å². The maximum atomic E-state index is 3.81. The standard InChI is InChI=1S/C14H17NS2/c1-14(2)9-12(14)15-13(10-5-3-7-16-10)11-6-4-8-17-11/h3-8,12-13,15H,9H2,1-2H3. The van der Waals surface area contributed by atoms with E-state index in [9.17, 15) is 0 Å². The van der Waals surface area contributed by atoms with E-state index >= 15 is 0 Å². The summed E-state index contributed by atoms with van der Waals surface area (Å²) in [6, 6.07) is 9.80. The molecule has 2 aromatic rings. The van der Waals surface area contributed by atoms with Gasteiger partial charge in [0.05, 0.1) is 6.04 Å². The van der Waals surface area contributed by atoms with Crippen LogP contribution in [0.25, 0.3) is 0 Å². The maximum absolute atomic E-state index is 3.81. The minimum absolute atomic E-state index is 0.391. The van der Waals surface area contributed by atoms with Crippen molar-refractivity contribution < 1.29 is 0 Å². The normalized spacial score (nSPS) is 21.9. The van der Waals surface area contributed by atoms with Crippen LogP contribution >= 0.6 is 22.7 Å². The predicted octanol–water partition coefficient (Wildman–Crippen LogP) is 4.29. The Morgan fingerprint density at radius 1 is 1.18 bits per heavy atom. The Morgan fingerprint density at radius 3 is 2.06 bits per heavy atom. The van der Waals surface area contributed by atoms with Gasteiger partial charge in [-0.2, -0.15) is 0 Å². The third kappa shape index (κ3) is 2.32. The highest BCUT2D eigenvalue weighted by atomic mass is 32.1. The van der Waals surface area contributed by atoms with Gasteiger partial charge in [0.2, 0.25) is 0 Å². The Kier molecular flexibility index (Phi) is 2.85. The molecule has 1 saturated carbocycles. The summed E-state index contributed by atoms with van der Waals surface area (Å²) in [6.07, 6.45) is 1.29. The molecule has 1 unspecified atom stereocenters. The first-order valence-electron chi connectivity index (χ1n) is 6.00. The second kappa shape index (κ2) is 4.23. The van der Waals surface area contributed by atoms with Gasteiger partial charge in [-0.05, 0) is 34.7 Å². The molecule has 0 saturated heterocycles. The third-order valence-corrected chi connectivity index (χ3v) is 5.41. The smallest absolute Gasteiger partial charge is 0.0767 e. The van der Waals surface area contributed by atoms with Gasteiger partial charge in [0, 0.05) is 15.8 Å². The van der Waals surface area contributed by atoms with E-state index in [0.29, 0.717) is 17.5 Å². The molecule has 1 atom stereocenters. The number of nitrogens with one attached hydrogen (secondary N) is 1. The van der Waals surface area contributed by atoms with Gasteiger partial charge in [-0.3, -0.25) is 0 Å². The lowest BCUT2D eigenvalue weighted by atomic mass is 10.1. The summed E-state index contributed by atoms with van der Waals surface area (Å²) in [5.41, 5.74) is 0.479. The molecule has 0 aliphatic heterocycles. The summed E-state index contributed by atoms with van der Waals surface area (Å²) >= 11 is 3.69. The molecule has 0 bridgehead atoms. The molecular formula is C14H17NS2. The van der Waals surface area contributed by atoms with Crippen molar-refractivity contribution in [3.8, 4) is 0 Å². The summed E-state index contributed by atoms with van der Waals surface area (Å²) in [6.45, 7) is 4.68. The molecule has 1 aliphatic carbocycles. The van der Waals surface area contributed by atoms with E-state index in [1.165, 1.54) is 16.2 Å². The summed E-state index contributed by atoms with van der Waals surface area (Å²) in [7, 11) is 0. The van der Waals surface area contributed by atoms with Crippen LogP contribution in [0, 0.1) is 5.41 Å². The zero-order chi connectivity index (χ0) is 11.9. The molecule has 2 heterocycles. The van der Waals surface area contributed by atoms with Gasteiger partial charge in [-0.1, -0.05) is 26.0 Å². The van der Waals surface area contributed by atoms with E-state index in [-0.39, 0.29) is 0 Å². The first kappa shape index (κ1) is 11.5. The topological polar surface area (TPSA) is 12.0 Å². The van der Waals surface area contributed by atoms with Gasteiger partial charge >= 0.3 is 0 Å². The number of rotatable bonds is 4. The molecule has 1 aliphatic rings. The van der Waals surface area contributed by atoms with Crippen LogP contribution in [-0.2, 0) is 0 Å². The fourth-order valence-electron chi connectivity index (χ4n) is 2.17. The monoisotopic (exact) mass is 263 g/mol. The molecule has 1 fully saturated rings. The van der Waals surface area contributed by atoms with Crippen molar-refractivity contribution in [1.29, 1.82) is 0 Å². The summed E-state index contributed by atoms with van der Waals surface area (Å²) in [4.78, 5) is 2.85. The Bertz CT molecular complexity index is 436. The molecule has 3 rings (SSSR count). The van der Waals surface area contributed by atoms with Gasteiger partial charge in [0.25, 0.3) is 0 Å². The van der Waals surface area contributed by atoms with Crippen LogP contribution in [0.15, 0.2) is 35.0 Å². The van der Waals surface area contributed by atoms with Gasteiger partial charge in [0.1, 0.15) is 0 Å². The zero-order valence-electron chi connectivity index (χ0n) is 10.1. The molecule has 2 aromatic heterocycles. The van der Waals surface area contributed by atoms with Crippen LogP contribution in [0.4, 0.5) is 0 Å². The second-order valence-electron chi connectivity index (χ2n) is 5.38.